The first-order valence-electron chi connectivity index (χ1n) is 19.0. The summed E-state index contributed by atoms with van der Waals surface area (Å²) in [6, 6.07) is 7.21. The topological polar surface area (TPSA) is 140 Å². The number of imidazole rings is 1. The van der Waals surface area contributed by atoms with Crippen molar-refractivity contribution in [3.05, 3.63) is 58.8 Å². The molecule has 2 saturated heterocycles. The Hall–Kier alpha value is -4.62. The highest BCUT2D eigenvalue weighted by molar-refractivity contribution is 7.27. The van der Waals surface area contributed by atoms with Gasteiger partial charge in [0.25, 0.3) is 0 Å². The Balaban J connectivity index is 1.03. The third kappa shape index (κ3) is 7.40. The summed E-state index contributed by atoms with van der Waals surface area (Å²) in [5.41, 5.74) is 7.65. The van der Waals surface area contributed by atoms with Gasteiger partial charge in [0.05, 0.1) is 33.4 Å². The van der Waals surface area contributed by atoms with Gasteiger partial charge in [0, 0.05) is 67.2 Å². The number of aliphatic imine (C=N–C) groups is 1. The number of hydrogen-bond donors (Lipinski definition) is 3. The van der Waals surface area contributed by atoms with E-state index in [-0.39, 0.29) is 47.5 Å². The highest BCUT2D eigenvalue weighted by Gasteiger charge is 2.39. The van der Waals surface area contributed by atoms with E-state index < -0.39 is 12.1 Å². The fourth-order valence-corrected chi connectivity index (χ4v) is 10.5. The lowest BCUT2D eigenvalue weighted by molar-refractivity contribution is -0.138. The van der Waals surface area contributed by atoms with Crippen molar-refractivity contribution in [1.29, 1.82) is 0 Å². The van der Waals surface area contributed by atoms with Crippen LogP contribution in [0.2, 0.25) is 0 Å². The lowest BCUT2D eigenvalue weighted by Crippen LogP contribution is -2.53. The second kappa shape index (κ2) is 15.6. The van der Waals surface area contributed by atoms with E-state index >= 15 is 0 Å². The number of H-pyrrole nitrogens is 1. The molecule has 7 rings (SSSR count). The quantitative estimate of drug-likeness (QED) is 0.148. The van der Waals surface area contributed by atoms with Gasteiger partial charge in [0.15, 0.2) is 0 Å². The largest absolute Gasteiger partial charge is 0.344 e. The van der Waals surface area contributed by atoms with Crippen molar-refractivity contribution in [2.75, 3.05) is 13.1 Å². The third-order valence-electron chi connectivity index (χ3n) is 10.8. The van der Waals surface area contributed by atoms with Crippen LogP contribution >= 0.6 is 22.7 Å². The lowest BCUT2D eigenvalue weighted by atomic mass is 9.98. The molecular formula is C41H49N7O4S2. The molecule has 3 aliphatic rings. The fourth-order valence-electron chi connectivity index (χ4n) is 8.05. The van der Waals surface area contributed by atoms with Crippen LogP contribution in [0.3, 0.4) is 0 Å². The number of carbonyl (C=O) groups excluding carboxylic acids is 4. The van der Waals surface area contributed by atoms with E-state index in [2.05, 4.69) is 50.6 Å². The zero-order valence-corrected chi connectivity index (χ0v) is 33.4. The van der Waals surface area contributed by atoms with E-state index in [1.54, 1.807) is 22.7 Å². The van der Waals surface area contributed by atoms with E-state index in [1.165, 1.54) is 39.9 Å². The number of thiophene rings is 2. The number of amides is 4. The average molecular weight is 768 g/mol. The van der Waals surface area contributed by atoms with Gasteiger partial charge < -0.3 is 25.4 Å². The molecule has 54 heavy (non-hydrogen) atoms. The molecule has 2 fully saturated rings. The van der Waals surface area contributed by atoms with Crippen molar-refractivity contribution in [2.24, 2.45) is 16.8 Å². The predicted molar refractivity (Wildman–Crippen MR) is 216 cm³/mol. The summed E-state index contributed by atoms with van der Waals surface area (Å²) in [7, 11) is 0. The highest BCUT2D eigenvalue weighted by Crippen LogP contribution is 2.44. The first-order valence-corrected chi connectivity index (χ1v) is 20.7. The molecule has 3 aliphatic heterocycles. The number of aromatic amines is 1. The van der Waals surface area contributed by atoms with Gasteiger partial charge in [-0.3, -0.25) is 24.2 Å². The van der Waals surface area contributed by atoms with Crippen LogP contribution in [0.5, 0.6) is 0 Å². The van der Waals surface area contributed by atoms with Gasteiger partial charge in [-0.1, -0.05) is 52.0 Å². The summed E-state index contributed by atoms with van der Waals surface area (Å²) >= 11 is 3.50. The van der Waals surface area contributed by atoms with E-state index in [0.717, 1.165) is 54.0 Å². The number of allylic oxidation sites excluding steroid dienone is 1. The van der Waals surface area contributed by atoms with Gasteiger partial charge in [0.2, 0.25) is 23.6 Å². The van der Waals surface area contributed by atoms with Gasteiger partial charge in [-0.2, -0.15) is 0 Å². The van der Waals surface area contributed by atoms with Crippen LogP contribution in [0.15, 0.2) is 52.4 Å². The van der Waals surface area contributed by atoms with E-state index in [9.17, 15) is 19.2 Å². The maximum absolute atomic E-state index is 13.6. The number of benzene rings is 1. The van der Waals surface area contributed by atoms with Crippen LogP contribution in [0.1, 0.15) is 91.1 Å². The van der Waals surface area contributed by atoms with Crippen LogP contribution < -0.4 is 10.6 Å². The molecule has 3 aromatic heterocycles. The first kappa shape index (κ1) is 37.7. The Morgan fingerprint density at radius 3 is 1.91 bits per heavy atom. The summed E-state index contributed by atoms with van der Waals surface area (Å²) in [5, 5.41) is 10.2. The Labute approximate surface area is 324 Å². The van der Waals surface area contributed by atoms with Crippen LogP contribution in [0, 0.1) is 11.8 Å². The normalized spacial score (nSPS) is 19.8. The molecule has 4 aromatic rings. The third-order valence-corrected chi connectivity index (χ3v) is 13.0. The van der Waals surface area contributed by atoms with Gasteiger partial charge in [0.1, 0.15) is 17.9 Å². The molecule has 0 aliphatic carbocycles. The van der Waals surface area contributed by atoms with Crippen molar-refractivity contribution in [3.8, 4) is 22.4 Å². The van der Waals surface area contributed by atoms with E-state index in [1.807, 2.05) is 49.9 Å². The average Bonchev–Trinajstić information content (AvgIpc) is 3.98. The monoisotopic (exact) mass is 767 g/mol. The van der Waals surface area contributed by atoms with E-state index in [0.29, 0.717) is 19.5 Å². The van der Waals surface area contributed by atoms with E-state index in [4.69, 9.17) is 9.98 Å². The molecule has 11 nitrogen and oxygen atoms in total. The zero-order chi connectivity index (χ0) is 38.3. The molecule has 6 heterocycles. The molecule has 13 heteroatoms. The molecule has 4 atom stereocenters. The Morgan fingerprint density at radius 2 is 1.31 bits per heavy atom. The molecular weight excluding hydrogens is 719 g/mol. The van der Waals surface area contributed by atoms with Gasteiger partial charge in [-0.25, -0.2) is 4.98 Å². The molecule has 3 N–H and O–H groups in total. The van der Waals surface area contributed by atoms with Crippen molar-refractivity contribution < 1.29 is 19.2 Å². The van der Waals surface area contributed by atoms with Crippen molar-refractivity contribution in [1.82, 2.24) is 30.4 Å². The Bertz CT molecular complexity index is 2120. The number of hydrogen-bond acceptors (Lipinski definition) is 8. The smallest absolute Gasteiger partial charge is 0.246 e. The first-order chi connectivity index (χ1) is 25.9. The predicted octanol–water partition coefficient (Wildman–Crippen LogP) is 7.18. The standard InChI is InChI=1S/C41H49N7O4S2/c1-22(2)35(44-24(5)49)40(51)47-15-7-9-33(47)31-17-28(18-42-31)30-21-54-37-29(20-53-38(30)37)26-11-13-27(14-12-26)32-19-43-39(46-32)34-10-8-16-48(34)41(52)36(23(3)4)45-25(6)50/h11-14,18-23,33-36H,7-10,15-17H2,1-6H3,(H,43,46)(H,44,49)(H,45,50)/t33?,34?,35-,36-/m0/s1. The number of rotatable bonds is 11. The highest BCUT2D eigenvalue weighted by atomic mass is 32.1. The van der Waals surface area contributed by atoms with Crippen LogP contribution in [-0.4, -0.2) is 80.3 Å². The SMILES string of the molecule is CC(=O)N[C@H](C(=O)N1CCCC1C1=NC=C(c2csc3c(-c4ccc(-c5cnc(C6CCCN6C(=O)[C@@H](NC(C)=O)C(C)C)[nH]5)cc4)csc23)C1)C(C)C. The summed E-state index contributed by atoms with van der Waals surface area (Å²) in [6.07, 6.45) is 8.04. The second-order valence-corrected chi connectivity index (χ2v) is 17.2. The number of fused-ring (bicyclic) bond motifs is 1. The van der Waals surface area contributed by atoms with Crippen LogP contribution in [0.25, 0.3) is 37.4 Å². The zero-order valence-electron chi connectivity index (χ0n) is 31.8. The van der Waals surface area contributed by atoms with Crippen molar-refractivity contribution in [3.63, 3.8) is 0 Å². The summed E-state index contributed by atoms with van der Waals surface area (Å²) in [4.78, 5) is 67.6. The minimum atomic E-state index is -0.561. The number of aromatic nitrogens is 2. The molecule has 4 amide bonds. The summed E-state index contributed by atoms with van der Waals surface area (Å²) in [5.74, 6) is 0.259. The molecule has 0 bridgehead atoms. The summed E-state index contributed by atoms with van der Waals surface area (Å²) < 4.78 is 2.50. The van der Waals surface area contributed by atoms with Crippen molar-refractivity contribution in [2.45, 2.75) is 97.8 Å². The molecule has 2 unspecified atom stereocenters. The number of likely N-dealkylation sites (tertiary alicyclic amines) is 2. The Morgan fingerprint density at radius 1 is 0.778 bits per heavy atom. The van der Waals surface area contributed by atoms with Gasteiger partial charge >= 0.3 is 0 Å². The number of nitrogens with one attached hydrogen (secondary N) is 3. The summed E-state index contributed by atoms with van der Waals surface area (Å²) in [6.45, 7) is 12.1. The Kier molecular flexibility index (Phi) is 10.9. The van der Waals surface area contributed by atoms with Crippen molar-refractivity contribution >= 4 is 67.0 Å². The minimum absolute atomic E-state index is 0.00337. The maximum atomic E-state index is 13.6. The lowest BCUT2D eigenvalue weighted by Gasteiger charge is -2.31. The molecule has 0 spiro atoms. The minimum Gasteiger partial charge on any atom is -0.344 e. The molecule has 1 aromatic carbocycles. The molecule has 0 radical (unpaired) electrons. The fraction of sp³-hybridized carbons (Fsp3) is 0.463. The second-order valence-electron chi connectivity index (χ2n) is 15.4. The number of carbonyl (C=O) groups is 4. The molecule has 284 valence electrons. The van der Waals surface area contributed by atoms with Gasteiger partial charge in [-0.15, -0.1) is 22.7 Å². The van der Waals surface area contributed by atoms with Crippen LogP contribution in [0.4, 0.5) is 0 Å². The maximum Gasteiger partial charge on any atom is 0.246 e. The molecule has 0 saturated carbocycles. The van der Waals surface area contributed by atoms with Crippen LogP contribution in [-0.2, 0) is 19.2 Å². The number of nitrogens with zero attached hydrogens (tertiary/aromatic N) is 4. The van der Waals surface area contributed by atoms with Gasteiger partial charge in [-0.05, 0) is 54.2 Å².